The van der Waals surface area contributed by atoms with Gasteiger partial charge in [-0.05, 0) is 30.8 Å². The second-order valence-electron chi connectivity index (χ2n) is 6.40. The number of fused-ring (bicyclic) bond motifs is 1. The van der Waals surface area contributed by atoms with Crippen LogP contribution in [0.3, 0.4) is 0 Å². The monoisotopic (exact) mass is 355 g/mol. The zero-order chi connectivity index (χ0) is 17.9. The Balaban J connectivity index is 1.39. The fourth-order valence-corrected chi connectivity index (χ4v) is 2.96. The Bertz CT molecular complexity index is 805. The van der Waals surface area contributed by atoms with Crippen LogP contribution in [0.1, 0.15) is 16.1 Å². The van der Waals surface area contributed by atoms with Crippen molar-refractivity contribution in [2.24, 2.45) is 0 Å². The van der Waals surface area contributed by atoms with E-state index in [1.165, 1.54) is 0 Å². The minimum absolute atomic E-state index is 0.222. The number of anilines is 1. The predicted octanol–water partition coefficient (Wildman–Crippen LogP) is 0.887. The highest BCUT2D eigenvalue weighted by molar-refractivity contribution is 5.92. The van der Waals surface area contributed by atoms with Crippen LogP contribution < -0.4 is 19.7 Å². The SMILES string of the molecule is CN1CCN(c2nccc(C(=O)NCc3ccc4c(c3)OCO4)n2)CC1. The third-order valence-electron chi connectivity index (χ3n) is 4.55. The fourth-order valence-electron chi connectivity index (χ4n) is 2.96. The van der Waals surface area contributed by atoms with Crippen molar-refractivity contribution < 1.29 is 14.3 Å². The van der Waals surface area contributed by atoms with Crippen LogP contribution in [0.2, 0.25) is 0 Å². The third-order valence-corrected chi connectivity index (χ3v) is 4.55. The van der Waals surface area contributed by atoms with Crippen LogP contribution in [0.4, 0.5) is 5.95 Å². The molecular formula is C18H21N5O3. The van der Waals surface area contributed by atoms with Gasteiger partial charge in [-0.1, -0.05) is 6.07 Å². The molecule has 8 nitrogen and oxygen atoms in total. The highest BCUT2D eigenvalue weighted by atomic mass is 16.7. The number of likely N-dealkylation sites (N-methyl/N-ethyl adjacent to an activating group) is 1. The molecule has 1 saturated heterocycles. The summed E-state index contributed by atoms with van der Waals surface area (Å²) in [6, 6.07) is 7.26. The summed E-state index contributed by atoms with van der Waals surface area (Å²) in [5, 5.41) is 2.89. The molecule has 0 saturated carbocycles. The zero-order valence-corrected chi connectivity index (χ0v) is 14.6. The topological polar surface area (TPSA) is 79.8 Å². The summed E-state index contributed by atoms with van der Waals surface area (Å²) in [7, 11) is 2.10. The first-order valence-corrected chi connectivity index (χ1v) is 8.62. The van der Waals surface area contributed by atoms with Gasteiger partial charge in [-0.2, -0.15) is 0 Å². The van der Waals surface area contributed by atoms with Gasteiger partial charge in [0, 0.05) is 38.9 Å². The first kappa shape index (κ1) is 16.6. The molecule has 0 spiro atoms. The van der Waals surface area contributed by atoms with Crippen LogP contribution in [0.5, 0.6) is 11.5 Å². The lowest BCUT2D eigenvalue weighted by atomic mass is 10.2. The summed E-state index contributed by atoms with van der Waals surface area (Å²) < 4.78 is 10.6. The molecule has 0 bridgehead atoms. The standard InChI is InChI=1S/C18H21N5O3/c1-22-6-8-23(9-7-22)18-19-5-4-14(21-18)17(24)20-11-13-2-3-15-16(10-13)26-12-25-15/h2-5,10H,6-9,11-12H2,1H3,(H,20,24). The van der Waals surface area contributed by atoms with Crippen LogP contribution in [0.15, 0.2) is 30.5 Å². The number of piperazine rings is 1. The third kappa shape index (κ3) is 3.55. The minimum atomic E-state index is -0.222. The maximum absolute atomic E-state index is 12.5. The fraction of sp³-hybridized carbons (Fsp3) is 0.389. The van der Waals surface area contributed by atoms with Crippen molar-refractivity contribution in [3.05, 3.63) is 41.7 Å². The maximum atomic E-state index is 12.5. The summed E-state index contributed by atoms with van der Waals surface area (Å²) in [5.41, 5.74) is 1.31. The summed E-state index contributed by atoms with van der Waals surface area (Å²) in [6.07, 6.45) is 1.64. The molecule has 2 aliphatic heterocycles. The van der Waals surface area contributed by atoms with Gasteiger partial charge in [-0.15, -0.1) is 0 Å². The number of carbonyl (C=O) groups excluding carboxylic acids is 1. The zero-order valence-electron chi connectivity index (χ0n) is 14.6. The van der Waals surface area contributed by atoms with E-state index in [1.807, 2.05) is 18.2 Å². The number of hydrogen-bond acceptors (Lipinski definition) is 7. The van der Waals surface area contributed by atoms with Crippen LogP contribution >= 0.6 is 0 Å². The lowest BCUT2D eigenvalue weighted by Crippen LogP contribution is -2.45. The summed E-state index contributed by atoms with van der Waals surface area (Å²) >= 11 is 0. The van der Waals surface area contributed by atoms with E-state index in [-0.39, 0.29) is 12.7 Å². The Hall–Kier alpha value is -2.87. The largest absolute Gasteiger partial charge is 0.454 e. The number of carbonyl (C=O) groups is 1. The van der Waals surface area contributed by atoms with E-state index < -0.39 is 0 Å². The first-order valence-electron chi connectivity index (χ1n) is 8.62. The lowest BCUT2D eigenvalue weighted by molar-refractivity contribution is 0.0945. The van der Waals surface area contributed by atoms with Gasteiger partial charge in [0.05, 0.1) is 0 Å². The number of nitrogens with zero attached hydrogens (tertiary/aromatic N) is 4. The molecule has 2 aromatic rings. The summed E-state index contributed by atoms with van der Waals surface area (Å²) in [5.74, 6) is 1.82. The van der Waals surface area contributed by atoms with Gasteiger partial charge in [0.2, 0.25) is 12.7 Å². The predicted molar refractivity (Wildman–Crippen MR) is 95.5 cm³/mol. The van der Waals surface area contributed by atoms with E-state index in [0.29, 0.717) is 23.9 Å². The second-order valence-corrected chi connectivity index (χ2v) is 6.40. The average Bonchev–Trinajstić information content (AvgIpc) is 3.14. The molecule has 0 aliphatic carbocycles. The molecule has 136 valence electrons. The van der Waals surface area contributed by atoms with E-state index in [9.17, 15) is 4.79 Å². The summed E-state index contributed by atoms with van der Waals surface area (Å²) in [4.78, 5) is 25.6. The minimum Gasteiger partial charge on any atom is -0.454 e. The molecule has 1 aromatic carbocycles. The van der Waals surface area contributed by atoms with Crippen molar-refractivity contribution in [1.82, 2.24) is 20.2 Å². The number of amides is 1. The molecule has 2 aliphatic rings. The Labute approximate surface area is 151 Å². The van der Waals surface area contributed by atoms with Gasteiger partial charge in [0.25, 0.3) is 5.91 Å². The lowest BCUT2D eigenvalue weighted by Gasteiger charge is -2.32. The number of aromatic nitrogens is 2. The number of rotatable bonds is 4. The molecule has 0 radical (unpaired) electrons. The Morgan fingerprint density at radius 3 is 2.81 bits per heavy atom. The molecule has 0 atom stereocenters. The smallest absolute Gasteiger partial charge is 0.270 e. The van der Waals surface area contributed by atoms with E-state index in [4.69, 9.17) is 9.47 Å². The van der Waals surface area contributed by atoms with Gasteiger partial charge in [0.15, 0.2) is 11.5 Å². The molecule has 1 aromatic heterocycles. The first-order chi connectivity index (χ1) is 12.7. The van der Waals surface area contributed by atoms with Gasteiger partial charge < -0.3 is 24.6 Å². The maximum Gasteiger partial charge on any atom is 0.270 e. The van der Waals surface area contributed by atoms with Crippen LogP contribution in [-0.4, -0.2) is 60.8 Å². The molecule has 3 heterocycles. The van der Waals surface area contributed by atoms with Crippen molar-refractivity contribution in [1.29, 1.82) is 0 Å². The number of ether oxygens (including phenoxy) is 2. The van der Waals surface area contributed by atoms with Crippen molar-refractivity contribution in [3.8, 4) is 11.5 Å². The van der Waals surface area contributed by atoms with E-state index in [2.05, 4.69) is 32.1 Å². The van der Waals surface area contributed by atoms with E-state index >= 15 is 0 Å². The van der Waals surface area contributed by atoms with Crippen molar-refractivity contribution in [2.45, 2.75) is 6.54 Å². The highest BCUT2D eigenvalue weighted by Gasteiger charge is 2.18. The second kappa shape index (κ2) is 7.17. The van der Waals surface area contributed by atoms with Gasteiger partial charge in [-0.3, -0.25) is 4.79 Å². The molecule has 4 rings (SSSR count). The Morgan fingerprint density at radius 1 is 1.15 bits per heavy atom. The number of hydrogen-bond donors (Lipinski definition) is 1. The number of nitrogens with one attached hydrogen (secondary N) is 1. The van der Waals surface area contributed by atoms with Gasteiger partial charge in [-0.25, -0.2) is 9.97 Å². The number of benzene rings is 1. The van der Waals surface area contributed by atoms with Crippen molar-refractivity contribution >= 4 is 11.9 Å². The van der Waals surface area contributed by atoms with Crippen molar-refractivity contribution in [2.75, 3.05) is 44.9 Å². The highest BCUT2D eigenvalue weighted by Crippen LogP contribution is 2.32. The van der Waals surface area contributed by atoms with Crippen molar-refractivity contribution in [3.63, 3.8) is 0 Å². The van der Waals surface area contributed by atoms with Crippen LogP contribution in [0, 0.1) is 0 Å². The molecule has 1 N–H and O–H groups in total. The Morgan fingerprint density at radius 2 is 1.96 bits per heavy atom. The van der Waals surface area contributed by atoms with Crippen LogP contribution in [0.25, 0.3) is 0 Å². The average molecular weight is 355 g/mol. The molecule has 1 fully saturated rings. The van der Waals surface area contributed by atoms with Gasteiger partial charge >= 0.3 is 0 Å². The quantitative estimate of drug-likeness (QED) is 0.872. The van der Waals surface area contributed by atoms with Gasteiger partial charge in [0.1, 0.15) is 5.69 Å². The molecule has 26 heavy (non-hydrogen) atoms. The summed E-state index contributed by atoms with van der Waals surface area (Å²) in [6.45, 7) is 4.27. The molecule has 0 unspecified atom stereocenters. The van der Waals surface area contributed by atoms with Crippen LogP contribution in [-0.2, 0) is 6.54 Å². The normalized spacial score (nSPS) is 16.6. The van der Waals surface area contributed by atoms with E-state index in [0.717, 1.165) is 37.5 Å². The molecule has 1 amide bonds. The molecular weight excluding hydrogens is 334 g/mol. The van der Waals surface area contributed by atoms with E-state index in [1.54, 1.807) is 12.3 Å². The Kier molecular flexibility index (Phi) is 4.57. The molecule has 8 heteroatoms.